The lowest BCUT2D eigenvalue weighted by atomic mass is 9.97. The highest BCUT2D eigenvalue weighted by Crippen LogP contribution is 2.23. The summed E-state index contributed by atoms with van der Waals surface area (Å²) in [5, 5.41) is 3.18. The van der Waals surface area contributed by atoms with Crippen LogP contribution in [0.2, 0.25) is 0 Å². The maximum Gasteiger partial charge on any atom is 0.164 e. The fraction of sp³-hybridized carbons (Fsp3) is 0.385. The van der Waals surface area contributed by atoms with Gasteiger partial charge in [0, 0.05) is 34.9 Å². The Bertz CT molecular complexity index is 568. The Balaban J connectivity index is 1.91. The van der Waals surface area contributed by atoms with E-state index in [0.29, 0.717) is 12.2 Å². The number of aryl methyl sites for hydroxylation is 1. The highest BCUT2D eigenvalue weighted by atomic mass is 32.1. The van der Waals surface area contributed by atoms with Gasteiger partial charge in [0.1, 0.15) is 5.01 Å². The summed E-state index contributed by atoms with van der Waals surface area (Å²) < 4.78 is 2.17. The molecule has 3 nitrogen and oxygen atoms in total. The summed E-state index contributed by atoms with van der Waals surface area (Å²) in [7, 11) is 0. The van der Waals surface area contributed by atoms with Crippen LogP contribution >= 0.6 is 11.3 Å². The first-order valence-corrected chi connectivity index (χ1v) is 6.74. The van der Waals surface area contributed by atoms with Gasteiger partial charge in [-0.25, -0.2) is 4.98 Å². The second kappa shape index (κ2) is 4.11. The molecule has 88 valence electrons. The number of rotatable bonds is 2. The molecular weight excluding hydrogens is 232 g/mol. The third-order valence-corrected chi connectivity index (χ3v) is 4.12. The summed E-state index contributed by atoms with van der Waals surface area (Å²) >= 11 is 1.68. The van der Waals surface area contributed by atoms with E-state index >= 15 is 0 Å². The van der Waals surface area contributed by atoms with Gasteiger partial charge < -0.3 is 4.57 Å². The van der Waals surface area contributed by atoms with Crippen LogP contribution in [0.15, 0.2) is 17.6 Å². The van der Waals surface area contributed by atoms with Gasteiger partial charge in [0.05, 0.1) is 6.54 Å². The SMILES string of the molecule is Cc1csc(Cn2ccc3c2CCCC3=O)n1. The predicted octanol–water partition coefficient (Wildman–Crippen LogP) is 2.82. The molecule has 0 radical (unpaired) electrons. The zero-order valence-electron chi connectivity index (χ0n) is 9.77. The zero-order valence-corrected chi connectivity index (χ0v) is 10.6. The van der Waals surface area contributed by atoms with Crippen molar-refractivity contribution in [1.29, 1.82) is 0 Å². The molecule has 0 saturated carbocycles. The molecule has 1 aliphatic carbocycles. The van der Waals surface area contributed by atoms with Gasteiger partial charge in [-0.1, -0.05) is 0 Å². The maximum atomic E-state index is 11.7. The van der Waals surface area contributed by atoms with Crippen molar-refractivity contribution in [3.8, 4) is 0 Å². The fourth-order valence-corrected chi connectivity index (χ4v) is 3.13. The number of carbonyl (C=O) groups excluding carboxylic acids is 1. The summed E-state index contributed by atoms with van der Waals surface area (Å²) in [6.07, 6.45) is 4.71. The number of nitrogens with zero attached hydrogens (tertiary/aromatic N) is 2. The Labute approximate surface area is 104 Å². The van der Waals surface area contributed by atoms with E-state index < -0.39 is 0 Å². The van der Waals surface area contributed by atoms with Gasteiger partial charge in [0.2, 0.25) is 0 Å². The Kier molecular flexibility index (Phi) is 2.59. The van der Waals surface area contributed by atoms with E-state index in [0.717, 1.165) is 35.7 Å². The molecule has 0 bridgehead atoms. The van der Waals surface area contributed by atoms with Crippen molar-refractivity contribution in [1.82, 2.24) is 9.55 Å². The Morgan fingerprint density at radius 2 is 2.35 bits per heavy atom. The van der Waals surface area contributed by atoms with E-state index in [2.05, 4.69) is 14.9 Å². The normalized spacial score (nSPS) is 15.0. The van der Waals surface area contributed by atoms with Crippen LogP contribution in [0.3, 0.4) is 0 Å². The van der Waals surface area contributed by atoms with Crippen LogP contribution in [0.25, 0.3) is 0 Å². The summed E-state index contributed by atoms with van der Waals surface area (Å²) in [6, 6.07) is 1.96. The third-order valence-electron chi connectivity index (χ3n) is 3.17. The van der Waals surface area contributed by atoms with E-state index in [1.807, 2.05) is 19.2 Å². The molecule has 0 saturated heterocycles. The molecule has 0 amide bonds. The first kappa shape index (κ1) is 10.7. The molecule has 2 aromatic heterocycles. The van der Waals surface area contributed by atoms with E-state index in [9.17, 15) is 4.79 Å². The molecule has 0 aromatic carbocycles. The van der Waals surface area contributed by atoms with Gasteiger partial charge in [-0.15, -0.1) is 11.3 Å². The lowest BCUT2D eigenvalue weighted by Crippen LogP contribution is -2.13. The predicted molar refractivity (Wildman–Crippen MR) is 67.7 cm³/mol. The Morgan fingerprint density at radius 3 is 3.12 bits per heavy atom. The number of ketones is 1. The second-order valence-corrected chi connectivity index (χ2v) is 5.41. The van der Waals surface area contributed by atoms with Crippen LogP contribution in [-0.4, -0.2) is 15.3 Å². The molecular formula is C13H14N2OS. The number of Topliss-reactive ketones (excluding diaryl/α,β-unsaturated/α-hetero) is 1. The third kappa shape index (κ3) is 1.93. The molecule has 0 N–H and O–H groups in total. The smallest absolute Gasteiger partial charge is 0.164 e. The molecule has 17 heavy (non-hydrogen) atoms. The Hall–Kier alpha value is -1.42. The Morgan fingerprint density at radius 1 is 1.47 bits per heavy atom. The number of carbonyl (C=O) groups is 1. The number of hydrogen-bond acceptors (Lipinski definition) is 3. The molecule has 2 aromatic rings. The van der Waals surface area contributed by atoms with Gasteiger partial charge in [0.25, 0.3) is 0 Å². The monoisotopic (exact) mass is 246 g/mol. The van der Waals surface area contributed by atoms with E-state index in [1.165, 1.54) is 5.69 Å². The topological polar surface area (TPSA) is 34.9 Å². The fourth-order valence-electron chi connectivity index (χ4n) is 2.36. The van der Waals surface area contributed by atoms with Crippen molar-refractivity contribution >= 4 is 17.1 Å². The molecule has 0 unspecified atom stereocenters. The highest BCUT2D eigenvalue weighted by Gasteiger charge is 2.20. The van der Waals surface area contributed by atoms with Gasteiger partial charge in [-0.3, -0.25) is 4.79 Å². The summed E-state index contributed by atoms with van der Waals surface area (Å²) in [5.41, 5.74) is 3.18. The molecule has 4 heteroatoms. The van der Waals surface area contributed by atoms with Crippen LogP contribution in [-0.2, 0) is 13.0 Å². The number of hydrogen-bond donors (Lipinski definition) is 0. The van der Waals surface area contributed by atoms with E-state index in [-0.39, 0.29) is 0 Å². The molecule has 0 atom stereocenters. The van der Waals surface area contributed by atoms with E-state index in [1.54, 1.807) is 11.3 Å². The van der Waals surface area contributed by atoms with Gasteiger partial charge in [-0.2, -0.15) is 0 Å². The maximum absolute atomic E-state index is 11.7. The van der Waals surface area contributed by atoms with Crippen molar-refractivity contribution in [2.75, 3.05) is 0 Å². The number of thiazole rings is 1. The van der Waals surface area contributed by atoms with Crippen molar-refractivity contribution in [3.63, 3.8) is 0 Å². The lowest BCUT2D eigenvalue weighted by molar-refractivity contribution is 0.0972. The molecule has 1 aliphatic rings. The largest absolute Gasteiger partial charge is 0.344 e. The number of fused-ring (bicyclic) bond motifs is 1. The van der Waals surface area contributed by atoms with E-state index in [4.69, 9.17) is 0 Å². The van der Waals surface area contributed by atoms with Crippen LogP contribution in [0.5, 0.6) is 0 Å². The van der Waals surface area contributed by atoms with Crippen molar-refractivity contribution < 1.29 is 4.79 Å². The van der Waals surface area contributed by atoms with Crippen LogP contribution in [0.1, 0.15) is 39.6 Å². The summed E-state index contributed by atoms with van der Waals surface area (Å²) in [6.45, 7) is 2.80. The van der Waals surface area contributed by atoms with Gasteiger partial charge in [0.15, 0.2) is 5.78 Å². The van der Waals surface area contributed by atoms with Crippen molar-refractivity contribution in [3.05, 3.63) is 39.6 Å². The van der Waals surface area contributed by atoms with Gasteiger partial charge >= 0.3 is 0 Å². The summed E-state index contributed by atoms with van der Waals surface area (Å²) in [4.78, 5) is 16.2. The van der Waals surface area contributed by atoms with Crippen molar-refractivity contribution in [2.24, 2.45) is 0 Å². The quantitative estimate of drug-likeness (QED) is 0.816. The molecule has 3 rings (SSSR count). The minimum atomic E-state index is 0.292. The molecule has 0 aliphatic heterocycles. The minimum absolute atomic E-state index is 0.292. The summed E-state index contributed by atoms with van der Waals surface area (Å²) in [5.74, 6) is 0.292. The van der Waals surface area contributed by atoms with Crippen molar-refractivity contribution in [2.45, 2.75) is 32.7 Å². The molecule has 2 heterocycles. The van der Waals surface area contributed by atoms with Crippen LogP contribution in [0.4, 0.5) is 0 Å². The average Bonchev–Trinajstić information content (AvgIpc) is 2.88. The second-order valence-electron chi connectivity index (χ2n) is 4.46. The minimum Gasteiger partial charge on any atom is -0.344 e. The van der Waals surface area contributed by atoms with Gasteiger partial charge in [-0.05, 0) is 25.8 Å². The zero-order chi connectivity index (χ0) is 11.8. The lowest BCUT2D eigenvalue weighted by Gasteiger charge is -2.14. The number of aromatic nitrogens is 2. The first-order valence-electron chi connectivity index (χ1n) is 5.86. The van der Waals surface area contributed by atoms with Crippen LogP contribution in [0, 0.1) is 6.92 Å². The standard InChI is InChI=1S/C13H14N2OS/c1-9-8-17-13(14-9)7-15-6-5-10-11(15)3-2-4-12(10)16/h5-6,8H,2-4,7H2,1H3. The highest BCUT2D eigenvalue weighted by molar-refractivity contribution is 7.09. The molecule has 0 spiro atoms. The first-order chi connectivity index (χ1) is 8.24. The average molecular weight is 246 g/mol. The van der Waals surface area contributed by atoms with Crippen LogP contribution < -0.4 is 0 Å². The molecule has 0 fully saturated rings.